The number of carbonyl (C=O) groups is 1. The molecule has 0 atom stereocenters. The van der Waals surface area contributed by atoms with Crippen molar-refractivity contribution in [2.24, 2.45) is 0 Å². The molecule has 0 amide bonds. The Morgan fingerprint density at radius 3 is 2.08 bits per heavy atom. The molecule has 3 rings (SSSR count). The van der Waals surface area contributed by atoms with Gasteiger partial charge in [0, 0.05) is 5.69 Å². The van der Waals surface area contributed by atoms with Crippen molar-refractivity contribution in [3.05, 3.63) is 83.9 Å². The Morgan fingerprint density at radius 1 is 0.920 bits per heavy atom. The molecule has 128 valence electrons. The van der Waals surface area contributed by atoms with E-state index in [0.29, 0.717) is 11.4 Å². The van der Waals surface area contributed by atoms with E-state index in [1.54, 1.807) is 42.5 Å². The van der Waals surface area contributed by atoms with E-state index >= 15 is 0 Å². The normalized spacial score (nSPS) is 9.64. The number of carboxylic acids is 1. The summed E-state index contributed by atoms with van der Waals surface area (Å²) >= 11 is 0. The molecular formula is C20H19NO4. The summed E-state index contributed by atoms with van der Waals surface area (Å²) in [5, 5.41) is 17.7. The minimum atomic E-state index is -0.980. The van der Waals surface area contributed by atoms with Gasteiger partial charge in [0.1, 0.15) is 17.2 Å². The molecule has 0 bridgehead atoms. The molecule has 0 radical (unpaired) electrons. The number of benzene rings is 3. The summed E-state index contributed by atoms with van der Waals surface area (Å²) < 4.78 is 5.52. The summed E-state index contributed by atoms with van der Waals surface area (Å²) in [4.78, 5) is 10.5. The lowest BCUT2D eigenvalue weighted by molar-refractivity contribution is 0.0698. The maximum absolute atomic E-state index is 10.5. The van der Waals surface area contributed by atoms with Crippen molar-refractivity contribution < 1.29 is 19.7 Å². The molecule has 0 fully saturated rings. The Kier molecular flexibility index (Phi) is 6.01. The molecule has 0 unspecified atom stereocenters. The van der Waals surface area contributed by atoms with Crippen LogP contribution in [0.2, 0.25) is 0 Å². The summed E-state index contributed by atoms with van der Waals surface area (Å²) in [7, 11) is 0. The Morgan fingerprint density at radius 2 is 1.52 bits per heavy atom. The molecule has 25 heavy (non-hydrogen) atoms. The van der Waals surface area contributed by atoms with E-state index in [0.717, 1.165) is 11.3 Å². The highest BCUT2D eigenvalue weighted by atomic mass is 16.5. The zero-order valence-electron chi connectivity index (χ0n) is 13.7. The minimum Gasteiger partial charge on any atom is -0.508 e. The number of aromatic hydroxyl groups is 1. The summed E-state index contributed by atoms with van der Waals surface area (Å²) in [5.74, 6) is 0.767. The monoisotopic (exact) mass is 337 g/mol. The Hall–Kier alpha value is -3.47. The maximum atomic E-state index is 10.5. The van der Waals surface area contributed by atoms with Crippen molar-refractivity contribution in [2.45, 2.75) is 6.92 Å². The van der Waals surface area contributed by atoms with Crippen molar-refractivity contribution in [3.8, 4) is 17.2 Å². The van der Waals surface area contributed by atoms with E-state index in [4.69, 9.17) is 20.7 Å². The van der Waals surface area contributed by atoms with Crippen molar-refractivity contribution in [3.63, 3.8) is 0 Å². The number of para-hydroxylation sites is 1. The maximum Gasteiger partial charge on any atom is 0.337 e. The first-order valence-corrected chi connectivity index (χ1v) is 7.57. The Bertz CT molecular complexity index is 830. The number of phenols is 1. The van der Waals surface area contributed by atoms with E-state index in [2.05, 4.69) is 0 Å². The zero-order chi connectivity index (χ0) is 18.2. The fourth-order valence-electron chi connectivity index (χ4n) is 1.99. The number of aryl methyl sites for hydroxylation is 1. The van der Waals surface area contributed by atoms with Crippen LogP contribution in [0.1, 0.15) is 15.9 Å². The van der Waals surface area contributed by atoms with Crippen LogP contribution in [0.3, 0.4) is 0 Å². The molecule has 0 aromatic heterocycles. The van der Waals surface area contributed by atoms with Crippen LogP contribution in [-0.2, 0) is 0 Å². The van der Waals surface area contributed by atoms with Gasteiger partial charge >= 0.3 is 5.97 Å². The van der Waals surface area contributed by atoms with Gasteiger partial charge < -0.3 is 20.7 Å². The first kappa shape index (κ1) is 17.9. The molecular weight excluding hydrogens is 318 g/mol. The number of hydrogen-bond donors (Lipinski definition) is 3. The van der Waals surface area contributed by atoms with Crippen molar-refractivity contribution in [1.82, 2.24) is 0 Å². The van der Waals surface area contributed by atoms with Crippen LogP contribution >= 0.6 is 0 Å². The van der Waals surface area contributed by atoms with Gasteiger partial charge in [-0.05, 0) is 55.5 Å². The molecule has 0 aliphatic heterocycles. The lowest BCUT2D eigenvalue weighted by Crippen LogP contribution is -2.02. The quantitative estimate of drug-likeness (QED) is 0.614. The number of carboxylic acid groups (broad SMARTS) is 1. The molecule has 4 N–H and O–H groups in total. The number of rotatable bonds is 3. The van der Waals surface area contributed by atoms with Crippen LogP contribution in [-0.4, -0.2) is 16.2 Å². The first-order valence-electron chi connectivity index (χ1n) is 7.57. The largest absolute Gasteiger partial charge is 0.508 e. The van der Waals surface area contributed by atoms with Gasteiger partial charge in [-0.25, -0.2) is 4.79 Å². The third-order valence-electron chi connectivity index (χ3n) is 3.25. The molecule has 3 aromatic carbocycles. The second-order valence-electron chi connectivity index (χ2n) is 5.30. The highest BCUT2D eigenvalue weighted by Crippen LogP contribution is 2.22. The van der Waals surface area contributed by atoms with Crippen LogP contribution in [0, 0.1) is 6.92 Å². The third kappa shape index (κ3) is 5.58. The SMILES string of the molecule is Cc1ccc(N)c(C(=O)O)c1.Oc1ccc(Oc2ccccc2)cc1. The number of phenolic OH excluding ortho intramolecular Hbond substituents is 1. The molecule has 0 aliphatic carbocycles. The zero-order valence-corrected chi connectivity index (χ0v) is 13.7. The number of nitrogen functional groups attached to an aromatic ring is 1. The smallest absolute Gasteiger partial charge is 0.337 e. The molecule has 0 saturated carbocycles. The number of ether oxygens (including phenoxy) is 1. The second-order valence-corrected chi connectivity index (χ2v) is 5.30. The molecule has 0 spiro atoms. The minimum absolute atomic E-state index is 0.171. The summed E-state index contributed by atoms with van der Waals surface area (Å²) in [6.07, 6.45) is 0. The summed E-state index contributed by atoms with van der Waals surface area (Å²) in [6, 6.07) is 21.1. The fourth-order valence-corrected chi connectivity index (χ4v) is 1.99. The van der Waals surface area contributed by atoms with Gasteiger partial charge in [0.15, 0.2) is 0 Å². The number of aromatic carboxylic acids is 1. The lowest BCUT2D eigenvalue weighted by atomic mass is 10.1. The second kappa shape index (κ2) is 8.40. The molecule has 0 heterocycles. The van der Waals surface area contributed by atoms with E-state index in [1.165, 1.54) is 0 Å². The van der Waals surface area contributed by atoms with Gasteiger partial charge in [0.25, 0.3) is 0 Å². The summed E-state index contributed by atoms with van der Waals surface area (Å²) in [6.45, 7) is 1.83. The van der Waals surface area contributed by atoms with E-state index in [-0.39, 0.29) is 11.3 Å². The number of nitrogens with two attached hydrogens (primary N) is 1. The van der Waals surface area contributed by atoms with Crippen molar-refractivity contribution in [1.29, 1.82) is 0 Å². The molecule has 5 heteroatoms. The highest BCUT2D eigenvalue weighted by Gasteiger charge is 2.06. The fraction of sp³-hybridized carbons (Fsp3) is 0.0500. The van der Waals surface area contributed by atoms with Crippen LogP contribution < -0.4 is 10.5 Å². The Balaban J connectivity index is 0.000000186. The molecule has 0 saturated heterocycles. The number of anilines is 1. The van der Waals surface area contributed by atoms with Gasteiger partial charge in [-0.1, -0.05) is 29.8 Å². The van der Waals surface area contributed by atoms with Crippen LogP contribution in [0.25, 0.3) is 0 Å². The van der Waals surface area contributed by atoms with Gasteiger partial charge in [0.2, 0.25) is 0 Å². The third-order valence-corrected chi connectivity index (χ3v) is 3.25. The van der Waals surface area contributed by atoms with Crippen molar-refractivity contribution >= 4 is 11.7 Å². The van der Waals surface area contributed by atoms with E-state index in [1.807, 2.05) is 37.3 Å². The average molecular weight is 337 g/mol. The predicted molar refractivity (Wildman–Crippen MR) is 97.2 cm³/mol. The topological polar surface area (TPSA) is 92.8 Å². The van der Waals surface area contributed by atoms with E-state index < -0.39 is 5.97 Å². The summed E-state index contributed by atoms with van der Waals surface area (Å²) in [5.41, 5.74) is 6.79. The first-order chi connectivity index (χ1) is 12.0. The van der Waals surface area contributed by atoms with Crippen LogP contribution in [0.15, 0.2) is 72.8 Å². The van der Waals surface area contributed by atoms with Gasteiger partial charge in [-0.15, -0.1) is 0 Å². The predicted octanol–water partition coefficient (Wildman–Crippen LogP) is 4.46. The average Bonchev–Trinajstić information content (AvgIpc) is 2.60. The lowest BCUT2D eigenvalue weighted by Gasteiger charge is -2.04. The molecule has 5 nitrogen and oxygen atoms in total. The molecule has 0 aliphatic rings. The molecule has 3 aromatic rings. The Labute approximate surface area is 145 Å². The standard InChI is InChI=1S/C12H10O2.C8H9NO2/c13-10-6-8-12(9-7-10)14-11-4-2-1-3-5-11;1-5-2-3-7(9)6(4-5)8(10)11/h1-9,13H;2-4H,9H2,1H3,(H,10,11). The highest BCUT2D eigenvalue weighted by molar-refractivity contribution is 5.93. The van der Waals surface area contributed by atoms with Gasteiger partial charge in [-0.3, -0.25) is 0 Å². The van der Waals surface area contributed by atoms with Crippen molar-refractivity contribution in [2.75, 3.05) is 5.73 Å². The van der Waals surface area contributed by atoms with Crippen LogP contribution in [0.5, 0.6) is 17.2 Å². The van der Waals surface area contributed by atoms with Gasteiger partial charge in [-0.2, -0.15) is 0 Å². The number of hydrogen-bond acceptors (Lipinski definition) is 4. The van der Waals surface area contributed by atoms with Crippen LogP contribution in [0.4, 0.5) is 5.69 Å². The van der Waals surface area contributed by atoms with Gasteiger partial charge in [0.05, 0.1) is 5.56 Å². The van der Waals surface area contributed by atoms with E-state index in [9.17, 15) is 4.79 Å².